The normalized spacial score (nSPS) is 24.1. The Balaban J connectivity index is 1.35. The van der Waals surface area contributed by atoms with Gasteiger partial charge in [-0.05, 0) is 16.7 Å². The number of piperazine rings is 1. The first-order chi connectivity index (χ1) is 14.5. The van der Waals surface area contributed by atoms with E-state index in [1.54, 1.807) is 22.1 Å². The summed E-state index contributed by atoms with van der Waals surface area (Å²) in [6.45, 7) is 1.31. The first-order valence-corrected chi connectivity index (χ1v) is 11.5. The Labute approximate surface area is 176 Å². The van der Waals surface area contributed by atoms with Gasteiger partial charge in [0.15, 0.2) is 5.03 Å². The highest BCUT2D eigenvalue weighted by molar-refractivity contribution is 7.89. The van der Waals surface area contributed by atoms with E-state index in [1.165, 1.54) is 11.9 Å². The lowest BCUT2D eigenvalue weighted by Gasteiger charge is -2.57. The van der Waals surface area contributed by atoms with Crippen LogP contribution in [0.2, 0.25) is 0 Å². The summed E-state index contributed by atoms with van der Waals surface area (Å²) in [5.41, 5.74) is 3.48. The molecule has 0 aliphatic carbocycles. The standard InChI is InChI=1S/C23H24N4O2S/c1-26-15-22(25-16-26)30(28,29)27-20-13-24-14-21(27)23(20)19-11-9-18(10-12-19)8-7-17-5-3-2-4-6-17/h2-12,15-16,20-21,23-24H,13-14H2,1H3/b8-7+/t20-,21+,23?. The Morgan fingerprint density at radius 2 is 1.60 bits per heavy atom. The highest BCUT2D eigenvalue weighted by Gasteiger charge is 2.57. The van der Waals surface area contributed by atoms with E-state index in [-0.39, 0.29) is 23.0 Å². The van der Waals surface area contributed by atoms with Gasteiger partial charge >= 0.3 is 0 Å². The van der Waals surface area contributed by atoms with Gasteiger partial charge in [0.2, 0.25) is 0 Å². The lowest BCUT2D eigenvalue weighted by Crippen LogP contribution is -2.73. The van der Waals surface area contributed by atoms with Crippen molar-refractivity contribution >= 4 is 22.2 Å². The van der Waals surface area contributed by atoms with Crippen molar-refractivity contribution in [2.24, 2.45) is 7.05 Å². The Bertz CT molecular complexity index is 1160. The summed E-state index contributed by atoms with van der Waals surface area (Å²) in [5.74, 6) is 0.205. The molecule has 6 nitrogen and oxygen atoms in total. The number of fused-ring (bicyclic) bond motifs is 2. The third kappa shape index (κ3) is 3.29. The minimum atomic E-state index is -3.58. The topological polar surface area (TPSA) is 67.2 Å². The zero-order valence-corrected chi connectivity index (χ0v) is 17.5. The monoisotopic (exact) mass is 420 g/mol. The summed E-state index contributed by atoms with van der Waals surface area (Å²) < 4.78 is 29.5. The van der Waals surface area contributed by atoms with Crippen molar-refractivity contribution in [3.05, 3.63) is 83.8 Å². The molecule has 2 aromatic carbocycles. The average molecular weight is 421 g/mol. The van der Waals surface area contributed by atoms with E-state index in [9.17, 15) is 8.42 Å². The molecule has 3 atom stereocenters. The molecule has 2 aliphatic rings. The molecule has 2 saturated heterocycles. The average Bonchev–Trinajstić information content (AvgIpc) is 3.21. The second kappa shape index (κ2) is 7.50. The van der Waals surface area contributed by atoms with Gasteiger partial charge < -0.3 is 9.88 Å². The second-order valence-electron chi connectivity index (χ2n) is 7.94. The van der Waals surface area contributed by atoms with Crippen molar-refractivity contribution in [2.45, 2.75) is 23.0 Å². The first-order valence-electron chi connectivity index (χ1n) is 10.1. The number of nitrogens with zero attached hydrogens (tertiary/aromatic N) is 3. The van der Waals surface area contributed by atoms with Crippen molar-refractivity contribution in [3.8, 4) is 0 Å². The number of imidazole rings is 1. The van der Waals surface area contributed by atoms with Gasteiger partial charge in [-0.2, -0.15) is 4.31 Å². The van der Waals surface area contributed by atoms with Gasteiger partial charge in [-0.3, -0.25) is 0 Å². The predicted octanol–water partition coefficient (Wildman–Crippen LogP) is 2.72. The lowest BCUT2D eigenvalue weighted by atomic mass is 9.75. The molecule has 3 heterocycles. The summed E-state index contributed by atoms with van der Waals surface area (Å²) in [5, 5.41) is 3.48. The van der Waals surface area contributed by atoms with Crippen LogP contribution >= 0.6 is 0 Å². The Morgan fingerprint density at radius 3 is 2.20 bits per heavy atom. The number of aryl methyl sites for hydroxylation is 1. The van der Waals surface area contributed by atoms with E-state index in [0.29, 0.717) is 13.1 Å². The van der Waals surface area contributed by atoms with Crippen LogP contribution in [0.25, 0.3) is 12.2 Å². The zero-order valence-electron chi connectivity index (χ0n) is 16.7. The van der Waals surface area contributed by atoms with Crippen molar-refractivity contribution < 1.29 is 8.42 Å². The molecule has 3 aromatic rings. The van der Waals surface area contributed by atoms with Crippen LogP contribution in [0.4, 0.5) is 0 Å². The van der Waals surface area contributed by atoms with Crippen LogP contribution in [-0.2, 0) is 17.1 Å². The number of rotatable bonds is 5. The predicted molar refractivity (Wildman–Crippen MR) is 117 cm³/mol. The minimum absolute atomic E-state index is 0.0820. The molecule has 1 unspecified atom stereocenters. The molecule has 1 aromatic heterocycles. The van der Waals surface area contributed by atoms with Crippen LogP contribution in [0, 0.1) is 0 Å². The van der Waals surface area contributed by atoms with Crippen LogP contribution in [0.1, 0.15) is 22.6 Å². The van der Waals surface area contributed by atoms with Crippen molar-refractivity contribution in [2.75, 3.05) is 13.1 Å². The molecule has 0 radical (unpaired) electrons. The molecular weight excluding hydrogens is 396 g/mol. The van der Waals surface area contributed by atoms with Gasteiger partial charge in [0.1, 0.15) is 0 Å². The molecule has 2 fully saturated rings. The maximum Gasteiger partial charge on any atom is 0.262 e. The van der Waals surface area contributed by atoms with Crippen LogP contribution in [0.5, 0.6) is 0 Å². The quantitative estimate of drug-likeness (QED) is 0.645. The zero-order chi connectivity index (χ0) is 20.7. The molecule has 154 valence electrons. The third-order valence-electron chi connectivity index (χ3n) is 6.00. The fraction of sp³-hybridized carbons (Fsp3) is 0.261. The van der Waals surface area contributed by atoms with Crippen LogP contribution < -0.4 is 5.32 Å². The van der Waals surface area contributed by atoms with E-state index >= 15 is 0 Å². The summed E-state index contributed by atoms with van der Waals surface area (Å²) in [6, 6.07) is 18.5. The Kier molecular flexibility index (Phi) is 4.81. The van der Waals surface area contributed by atoms with Gasteiger partial charge in [-0.1, -0.05) is 66.7 Å². The Morgan fingerprint density at radius 1 is 0.967 bits per heavy atom. The van der Waals surface area contributed by atoms with E-state index < -0.39 is 10.0 Å². The molecule has 0 spiro atoms. The van der Waals surface area contributed by atoms with E-state index in [1.807, 2.05) is 18.2 Å². The molecule has 2 aliphatic heterocycles. The number of aromatic nitrogens is 2. The van der Waals surface area contributed by atoms with Gasteiger partial charge in [-0.25, -0.2) is 13.4 Å². The highest BCUT2D eigenvalue weighted by Crippen LogP contribution is 2.45. The number of piperidine rings is 1. The van der Waals surface area contributed by atoms with E-state index in [2.05, 4.69) is 58.9 Å². The summed E-state index contributed by atoms with van der Waals surface area (Å²) in [4.78, 5) is 4.08. The fourth-order valence-electron chi connectivity index (χ4n) is 4.55. The minimum Gasteiger partial charge on any atom is -0.339 e. The van der Waals surface area contributed by atoms with Crippen molar-refractivity contribution in [3.63, 3.8) is 0 Å². The smallest absolute Gasteiger partial charge is 0.262 e. The van der Waals surface area contributed by atoms with Gasteiger partial charge in [0.25, 0.3) is 10.0 Å². The second-order valence-corrected chi connectivity index (χ2v) is 9.73. The number of sulfonamides is 1. The molecule has 0 amide bonds. The summed E-state index contributed by atoms with van der Waals surface area (Å²) in [6.07, 6.45) is 7.29. The SMILES string of the molecule is Cn1cnc(S(=O)(=O)N2[C@@H]3CNC[C@H]2C3c2ccc(/C=C/c3ccccc3)cc2)c1. The highest BCUT2D eigenvalue weighted by atomic mass is 32.2. The van der Waals surface area contributed by atoms with Crippen molar-refractivity contribution in [1.82, 2.24) is 19.2 Å². The van der Waals surface area contributed by atoms with Crippen LogP contribution in [0.3, 0.4) is 0 Å². The molecule has 7 heteroatoms. The first kappa shape index (κ1) is 19.2. The molecule has 1 N–H and O–H groups in total. The molecule has 2 bridgehead atoms. The molecular formula is C23H24N4O2S. The van der Waals surface area contributed by atoms with Gasteiger partial charge in [0.05, 0.1) is 6.33 Å². The molecule has 0 saturated carbocycles. The lowest BCUT2D eigenvalue weighted by molar-refractivity contribution is 0.0368. The van der Waals surface area contributed by atoms with Crippen molar-refractivity contribution in [1.29, 1.82) is 0 Å². The van der Waals surface area contributed by atoms with Crippen LogP contribution in [-0.4, -0.2) is 47.4 Å². The van der Waals surface area contributed by atoms with Gasteiger partial charge in [-0.15, -0.1) is 0 Å². The number of hydrogen-bond donors (Lipinski definition) is 1. The third-order valence-corrected chi connectivity index (χ3v) is 7.84. The maximum atomic E-state index is 13.1. The maximum absolute atomic E-state index is 13.1. The molecule has 30 heavy (non-hydrogen) atoms. The Hall–Kier alpha value is -2.74. The van der Waals surface area contributed by atoms with Gasteiger partial charge in [0, 0.05) is 44.3 Å². The summed E-state index contributed by atoms with van der Waals surface area (Å²) >= 11 is 0. The summed E-state index contributed by atoms with van der Waals surface area (Å²) in [7, 11) is -1.80. The number of hydrogen-bond acceptors (Lipinski definition) is 4. The molecule has 5 rings (SSSR count). The number of benzene rings is 2. The largest absolute Gasteiger partial charge is 0.339 e. The van der Waals surface area contributed by atoms with E-state index in [4.69, 9.17) is 0 Å². The van der Waals surface area contributed by atoms with E-state index in [0.717, 1.165) is 11.1 Å². The van der Waals surface area contributed by atoms with Crippen LogP contribution in [0.15, 0.2) is 72.1 Å². The fourth-order valence-corrected chi connectivity index (χ4v) is 6.37. The number of nitrogens with one attached hydrogen (secondary N) is 1.